The number of nitrogens with zero attached hydrogens (tertiary/aromatic N) is 1. The van der Waals surface area contributed by atoms with Crippen LogP contribution in [-0.4, -0.2) is 5.54 Å². The first-order valence-electron chi connectivity index (χ1n) is 18.9. The molecule has 0 aliphatic heterocycles. The third-order valence-electron chi connectivity index (χ3n) is 15.3. The van der Waals surface area contributed by atoms with Gasteiger partial charge in [0.2, 0.25) is 0 Å². The first kappa shape index (κ1) is 28.0. The maximum Gasteiger partial charge on any atom is 0.0643 e. The molecule has 5 saturated carbocycles. The van der Waals surface area contributed by atoms with E-state index in [0.717, 1.165) is 30.1 Å². The fraction of sp³-hybridized carbons (Fsp3) is 0.511. The van der Waals surface area contributed by atoms with E-state index in [1.54, 1.807) is 11.1 Å². The first-order chi connectivity index (χ1) is 22.4. The molecule has 5 fully saturated rings. The van der Waals surface area contributed by atoms with Crippen LogP contribution in [0.3, 0.4) is 0 Å². The largest absolute Gasteiger partial charge is 0.331 e. The number of hydrogen-bond donors (Lipinski definition) is 0. The van der Waals surface area contributed by atoms with Crippen LogP contribution in [0, 0.1) is 29.1 Å². The topological polar surface area (TPSA) is 3.24 Å². The van der Waals surface area contributed by atoms with Gasteiger partial charge in [-0.25, -0.2) is 0 Å². The van der Waals surface area contributed by atoms with Crippen molar-refractivity contribution in [3.63, 3.8) is 0 Å². The Kier molecular flexibility index (Phi) is 5.79. The van der Waals surface area contributed by atoms with Crippen molar-refractivity contribution < 1.29 is 0 Å². The lowest BCUT2D eigenvalue weighted by molar-refractivity contribution is -0.235. The lowest BCUT2D eigenvalue weighted by atomic mass is 9.27. The maximum atomic E-state index is 2.83. The van der Waals surface area contributed by atoms with Crippen LogP contribution >= 0.6 is 0 Å². The summed E-state index contributed by atoms with van der Waals surface area (Å²) >= 11 is 0. The smallest absolute Gasteiger partial charge is 0.0643 e. The normalized spacial score (nSPS) is 36.2. The van der Waals surface area contributed by atoms with Gasteiger partial charge in [-0.05, 0) is 145 Å². The number of rotatable bonds is 5. The van der Waals surface area contributed by atoms with Crippen LogP contribution in [0.2, 0.25) is 0 Å². The summed E-state index contributed by atoms with van der Waals surface area (Å²) in [6.45, 7) is 7.40. The van der Waals surface area contributed by atoms with Gasteiger partial charge in [-0.1, -0.05) is 99.9 Å². The van der Waals surface area contributed by atoms with Crippen LogP contribution in [0.4, 0.5) is 11.4 Å². The van der Waals surface area contributed by atoms with E-state index in [-0.39, 0.29) is 11.0 Å². The van der Waals surface area contributed by atoms with Gasteiger partial charge in [-0.15, -0.1) is 0 Å². The molecule has 6 unspecified atom stereocenters. The predicted octanol–water partition coefficient (Wildman–Crippen LogP) is 11.8. The third kappa shape index (κ3) is 3.38. The van der Waals surface area contributed by atoms with Gasteiger partial charge < -0.3 is 4.90 Å². The van der Waals surface area contributed by atoms with Crippen LogP contribution in [0.25, 0.3) is 11.1 Å². The fourth-order valence-corrected chi connectivity index (χ4v) is 13.2. The van der Waals surface area contributed by atoms with Gasteiger partial charge >= 0.3 is 0 Å². The van der Waals surface area contributed by atoms with Crippen molar-refractivity contribution in [1.29, 1.82) is 0 Å². The van der Waals surface area contributed by atoms with Gasteiger partial charge in [0.1, 0.15) is 0 Å². The minimum absolute atomic E-state index is 0.00897. The second-order valence-corrected chi connectivity index (χ2v) is 17.3. The Bertz CT molecular complexity index is 1800. The van der Waals surface area contributed by atoms with Crippen molar-refractivity contribution in [2.45, 2.75) is 114 Å². The van der Waals surface area contributed by atoms with Gasteiger partial charge in [0.15, 0.2) is 0 Å². The molecule has 0 amide bonds. The van der Waals surface area contributed by atoms with Gasteiger partial charge in [0.25, 0.3) is 0 Å². The van der Waals surface area contributed by atoms with E-state index in [1.807, 2.05) is 0 Å². The van der Waals surface area contributed by atoms with Crippen LogP contribution in [-0.2, 0) is 10.8 Å². The molecule has 1 heteroatoms. The maximum absolute atomic E-state index is 2.83. The van der Waals surface area contributed by atoms with E-state index in [9.17, 15) is 0 Å². The van der Waals surface area contributed by atoms with E-state index >= 15 is 0 Å². The zero-order valence-electron chi connectivity index (χ0n) is 28.3. The van der Waals surface area contributed by atoms with Crippen LogP contribution in [0.5, 0.6) is 0 Å². The molecular formula is C45H51N. The molecule has 0 saturated heterocycles. The summed E-state index contributed by atoms with van der Waals surface area (Å²) in [6, 6.07) is 26.4. The molecule has 0 heterocycles. The van der Waals surface area contributed by atoms with Crippen LogP contribution in [0.15, 0.2) is 90.5 Å². The summed E-state index contributed by atoms with van der Waals surface area (Å²) < 4.78 is 0. The Hall–Kier alpha value is -3.06. The Morgan fingerprint density at radius 2 is 1.46 bits per heavy atom. The lowest BCUT2D eigenvalue weighted by Gasteiger charge is -2.77. The van der Waals surface area contributed by atoms with Crippen LogP contribution < -0.4 is 4.90 Å². The molecule has 1 nitrogen and oxygen atoms in total. The van der Waals surface area contributed by atoms with Gasteiger partial charge in [-0.2, -0.15) is 0 Å². The number of fused-ring (bicyclic) bond motifs is 3. The molecule has 7 aliphatic carbocycles. The Morgan fingerprint density at radius 3 is 2.26 bits per heavy atom. The van der Waals surface area contributed by atoms with Crippen molar-refractivity contribution in [1.82, 2.24) is 0 Å². The zero-order chi connectivity index (χ0) is 30.9. The second kappa shape index (κ2) is 9.52. The van der Waals surface area contributed by atoms with E-state index in [4.69, 9.17) is 0 Å². The van der Waals surface area contributed by atoms with Crippen molar-refractivity contribution in [3.8, 4) is 11.1 Å². The van der Waals surface area contributed by atoms with E-state index in [2.05, 4.69) is 111 Å². The summed E-state index contributed by atoms with van der Waals surface area (Å²) in [7, 11) is 0. The Morgan fingerprint density at radius 1 is 0.696 bits per heavy atom. The Balaban J connectivity index is 1.13. The summed E-state index contributed by atoms with van der Waals surface area (Å²) in [6.07, 6.45) is 24.6. The molecule has 6 atom stereocenters. The highest BCUT2D eigenvalue weighted by Crippen LogP contribution is 2.86. The zero-order valence-corrected chi connectivity index (χ0v) is 28.3. The van der Waals surface area contributed by atoms with Crippen molar-refractivity contribution in [2.75, 3.05) is 4.90 Å². The molecule has 46 heavy (non-hydrogen) atoms. The molecule has 0 aromatic heterocycles. The molecular weight excluding hydrogens is 555 g/mol. The number of hydrogen-bond acceptors (Lipinski definition) is 1. The number of allylic oxidation sites excluding steroid dienone is 2. The number of anilines is 2. The van der Waals surface area contributed by atoms with Crippen LogP contribution in [0.1, 0.15) is 115 Å². The number of benzene rings is 3. The summed E-state index contributed by atoms with van der Waals surface area (Å²) in [4.78, 5) is 2.83. The van der Waals surface area contributed by atoms with E-state index in [0.29, 0.717) is 10.8 Å². The third-order valence-corrected chi connectivity index (χ3v) is 15.3. The average Bonchev–Trinajstić information content (AvgIpc) is 3.41. The highest BCUT2D eigenvalue weighted by molar-refractivity contribution is 5.84. The first-order valence-corrected chi connectivity index (χ1v) is 18.9. The quantitative estimate of drug-likeness (QED) is 0.280. The monoisotopic (exact) mass is 605 g/mol. The standard InChI is InChI=1S/C45H51N/c1-42(2)38-14-8-7-13-36(38)37-20-19-35(28-40(37)42)46(43(3)24-21-31(22-25-43)30-11-5-4-6-12-30)41-16-10-9-15-39(41)45-29-34-27-33-18-17-32(45)23-26-44(33,34)45/h7-10,13-16,19-22,24,28,30,32-34H,4-6,11-12,17-18,23,25-27,29H2,1-3H3. The van der Waals surface area contributed by atoms with Crippen molar-refractivity contribution in [2.24, 2.45) is 29.1 Å². The summed E-state index contributed by atoms with van der Waals surface area (Å²) in [5.74, 6) is 3.57. The molecule has 236 valence electrons. The molecule has 2 bridgehead atoms. The van der Waals surface area contributed by atoms with E-state index in [1.165, 1.54) is 104 Å². The predicted molar refractivity (Wildman–Crippen MR) is 192 cm³/mol. The molecule has 0 N–H and O–H groups in total. The number of para-hydroxylation sites is 1. The second-order valence-electron chi connectivity index (χ2n) is 17.3. The molecule has 7 aliphatic rings. The highest BCUT2D eigenvalue weighted by Gasteiger charge is 2.80. The van der Waals surface area contributed by atoms with Gasteiger partial charge in [-0.3, -0.25) is 0 Å². The van der Waals surface area contributed by atoms with Gasteiger partial charge in [0.05, 0.1) is 5.54 Å². The molecule has 1 spiro atoms. The highest BCUT2D eigenvalue weighted by atomic mass is 15.2. The Labute approximate surface area is 277 Å². The van der Waals surface area contributed by atoms with Crippen molar-refractivity contribution in [3.05, 3.63) is 107 Å². The SMILES string of the molecule is CC1(C)c2ccccc2-c2ccc(N(c3ccccc3C34CC5CC6CCC3CCC654)C3(C)C=CC(C4CCCCC4)=CC3)cc21. The van der Waals surface area contributed by atoms with Crippen molar-refractivity contribution >= 4 is 11.4 Å². The molecule has 0 radical (unpaired) electrons. The van der Waals surface area contributed by atoms with E-state index < -0.39 is 0 Å². The minimum atomic E-state index is -0.123. The molecule has 3 aromatic carbocycles. The average molecular weight is 606 g/mol. The molecule has 3 aromatic rings. The van der Waals surface area contributed by atoms with Gasteiger partial charge in [0, 0.05) is 22.2 Å². The fourth-order valence-electron chi connectivity index (χ4n) is 13.2. The summed E-state index contributed by atoms with van der Waals surface area (Å²) in [5, 5.41) is 0. The minimum Gasteiger partial charge on any atom is -0.331 e. The molecule has 10 rings (SSSR count). The lowest BCUT2D eigenvalue weighted by Crippen LogP contribution is -2.72. The summed E-state index contributed by atoms with van der Waals surface area (Å²) in [5.41, 5.74) is 12.8.